The van der Waals surface area contributed by atoms with E-state index in [1.165, 1.54) is 4.90 Å². The molecule has 0 radical (unpaired) electrons. The quantitative estimate of drug-likeness (QED) is 0.676. The summed E-state index contributed by atoms with van der Waals surface area (Å²) in [5.74, 6) is 1.76. The number of hydrogen-bond acceptors (Lipinski definition) is 3. The molecule has 0 amide bonds. The molecule has 2 aromatic rings. The molecule has 5 heteroatoms. The minimum Gasteiger partial charge on any atom is -0.399 e. The zero-order valence-corrected chi connectivity index (χ0v) is 10.4. The summed E-state index contributed by atoms with van der Waals surface area (Å²) in [5.41, 5.74) is 6.40. The first-order chi connectivity index (χ1) is 7.66. The van der Waals surface area contributed by atoms with Gasteiger partial charge in [-0.3, -0.25) is 0 Å². The van der Waals surface area contributed by atoms with E-state index in [0.717, 1.165) is 17.3 Å². The van der Waals surface area contributed by atoms with Crippen LogP contribution in [0.4, 0.5) is 5.69 Å². The highest BCUT2D eigenvalue weighted by Crippen LogP contribution is 2.23. The molecule has 0 saturated carbocycles. The molecule has 2 N–H and O–H groups in total. The Balaban J connectivity index is 2.02. The van der Waals surface area contributed by atoms with E-state index in [9.17, 15) is 0 Å². The average molecular weight is 254 g/mol. The zero-order valence-electron chi connectivity index (χ0n) is 8.85. The molecule has 0 fully saturated rings. The van der Waals surface area contributed by atoms with E-state index in [1.807, 2.05) is 35.9 Å². The van der Waals surface area contributed by atoms with Crippen molar-refractivity contribution in [2.24, 2.45) is 7.05 Å². The number of thioether (sulfide) groups is 1. The lowest BCUT2D eigenvalue weighted by Gasteiger charge is -2.03. The van der Waals surface area contributed by atoms with Crippen molar-refractivity contribution in [1.29, 1.82) is 0 Å². The van der Waals surface area contributed by atoms with Crippen LogP contribution in [0.1, 0.15) is 5.82 Å². The lowest BCUT2D eigenvalue weighted by Crippen LogP contribution is -1.95. The molecule has 1 heterocycles. The predicted octanol–water partition coefficient (Wildman–Crippen LogP) is 2.95. The molecule has 1 aromatic heterocycles. The van der Waals surface area contributed by atoms with Gasteiger partial charge in [-0.2, -0.15) is 0 Å². The molecule has 1 aromatic carbocycles. The molecular weight excluding hydrogens is 242 g/mol. The molecule has 0 atom stereocenters. The van der Waals surface area contributed by atoms with Crippen LogP contribution in [0.15, 0.2) is 35.4 Å². The molecule has 84 valence electrons. The third-order valence-electron chi connectivity index (χ3n) is 2.28. The molecule has 0 unspecified atom stereocenters. The van der Waals surface area contributed by atoms with Crippen molar-refractivity contribution in [3.8, 4) is 0 Å². The van der Waals surface area contributed by atoms with E-state index in [1.54, 1.807) is 18.0 Å². The van der Waals surface area contributed by atoms with Crippen LogP contribution in [0.5, 0.6) is 0 Å². The van der Waals surface area contributed by atoms with Crippen LogP contribution in [0, 0.1) is 0 Å². The Morgan fingerprint density at radius 2 is 2.06 bits per heavy atom. The molecule has 0 aliphatic heterocycles. The average Bonchev–Trinajstić information content (AvgIpc) is 2.60. The van der Waals surface area contributed by atoms with Gasteiger partial charge in [-0.05, 0) is 24.3 Å². The Bertz CT molecular complexity index is 478. The normalized spacial score (nSPS) is 10.6. The molecule has 0 aliphatic carbocycles. The highest BCUT2D eigenvalue weighted by atomic mass is 35.5. The third-order valence-corrected chi connectivity index (χ3v) is 3.63. The van der Waals surface area contributed by atoms with Gasteiger partial charge in [-0.1, -0.05) is 11.6 Å². The highest BCUT2D eigenvalue weighted by Gasteiger charge is 2.04. The minimum absolute atomic E-state index is 0.660. The smallest absolute Gasteiger partial charge is 0.128 e. The summed E-state index contributed by atoms with van der Waals surface area (Å²) in [6, 6.07) is 7.80. The molecule has 2 rings (SSSR count). The maximum Gasteiger partial charge on any atom is 0.128 e. The van der Waals surface area contributed by atoms with Crippen molar-refractivity contribution in [1.82, 2.24) is 9.55 Å². The fourth-order valence-electron chi connectivity index (χ4n) is 1.27. The minimum atomic E-state index is 0.660. The van der Waals surface area contributed by atoms with E-state index in [-0.39, 0.29) is 0 Å². The Labute approximate surface area is 104 Å². The van der Waals surface area contributed by atoms with Crippen LogP contribution in [0.2, 0.25) is 5.15 Å². The Morgan fingerprint density at radius 1 is 1.38 bits per heavy atom. The zero-order chi connectivity index (χ0) is 11.5. The molecule has 16 heavy (non-hydrogen) atoms. The van der Waals surface area contributed by atoms with Gasteiger partial charge in [-0.15, -0.1) is 11.8 Å². The van der Waals surface area contributed by atoms with Crippen LogP contribution in [0.25, 0.3) is 0 Å². The first kappa shape index (κ1) is 11.4. The first-order valence-electron chi connectivity index (χ1n) is 4.81. The fourth-order valence-corrected chi connectivity index (χ4v) is 2.31. The lowest BCUT2D eigenvalue weighted by molar-refractivity contribution is 0.850. The van der Waals surface area contributed by atoms with E-state index in [2.05, 4.69) is 4.98 Å². The van der Waals surface area contributed by atoms with Gasteiger partial charge in [0.2, 0.25) is 0 Å². The molecule has 3 nitrogen and oxygen atoms in total. The number of imidazole rings is 1. The van der Waals surface area contributed by atoms with Crippen molar-refractivity contribution >= 4 is 29.1 Å². The Hall–Kier alpha value is -1.13. The van der Waals surface area contributed by atoms with Gasteiger partial charge < -0.3 is 10.3 Å². The molecule has 0 saturated heterocycles. The molecular formula is C11H12ClN3S. The van der Waals surface area contributed by atoms with Gasteiger partial charge in [0.1, 0.15) is 11.0 Å². The number of anilines is 1. The number of benzene rings is 1. The third kappa shape index (κ3) is 2.51. The second kappa shape index (κ2) is 4.80. The van der Waals surface area contributed by atoms with Crippen molar-refractivity contribution in [2.45, 2.75) is 10.6 Å². The number of nitrogen functional groups attached to an aromatic ring is 1. The molecule has 0 bridgehead atoms. The topological polar surface area (TPSA) is 43.8 Å². The van der Waals surface area contributed by atoms with Gasteiger partial charge >= 0.3 is 0 Å². The summed E-state index contributed by atoms with van der Waals surface area (Å²) in [7, 11) is 1.91. The summed E-state index contributed by atoms with van der Waals surface area (Å²) in [6.07, 6.45) is 1.67. The van der Waals surface area contributed by atoms with E-state index >= 15 is 0 Å². The van der Waals surface area contributed by atoms with Crippen LogP contribution < -0.4 is 5.73 Å². The summed E-state index contributed by atoms with van der Waals surface area (Å²) in [5, 5.41) is 0.660. The number of rotatable bonds is 3. The maximum absolute atomic E-state index is 5.91. The number of nitrogens with zero attached hydrogens (tertiary/aromatic N) is 2. The van der Waals surface area contributed by atoms with Crippen LogP contribution in [0.3, 0.4) is 0 Å². The lowest BCUT2D eigenvalue weighted by atomic mass is 10.3. The van der Waals surface area contributed by atoms with Crippen molar-refractivity contribution < 1.29 is 0 Å². The molecule has 0 aliphatic rings. The Morgan fingerprint density at radius 3 is 2.62 bits per heavy atom. The van der Waals surface area contributed by atoms with Gasteiger partial charge in [0.05, 0.1) is 11.9 Å². The summed E-state index contributed by atoms with van der Waals surface area (Å²) in [6.45, 7) is 0. The predicted molar refractivity (Wildman–Crippen MR) is 68.6 cm³/mol. The van der Waals surface area contributed by atoms with Gasteiger partial charge in [0.15, 0.2) is 0 Å². The summed E-state index contributed by atoms with van der Waals surface area (Å²) < 4.78 is 1.88. The van der Waals surface area contributed by atoms with E-state index in [4.69, 9.17) is 17.3 Å². The van der Waals surface area contributed by atoms with E-state index < -0.39 is 0 Å². The maximum atomic E-state index is 5.91. The Kier molecular flexibility index (Phi) is 3.41. The fraction of sp³-hybridized carbons (Fsp3) is 0.182. The second-order valence-electron chi connectivity index (χ2n) is 3.41. The second-order valence-corrected chi connectivity index (χ2v) is 4.85. The monoisotopic (exact) mass is 253 g/mol. The number of hydrogen-bond donors (Lipinski definition) is 1. The number of halogens is 1. The van der Waals surface area contributed by atoms with Crippen LogP contribution in [-0.2, 0) is 12.8 Å². The van der Waals surface area contributed by atoms with Gasteiger partial charge in [0.25, 0.3) is 0 Å². The van der Waals surface area contributed by atoms with Crippen LogP contribution >= 0.6 is 23.4 Å². The number of aromatic nitrogens is 2. The highest BCUT2D eigenvalue weighted by molar-refractivity contribution is 7.98. The largest absolute Gasteiger partial charge is 0.399 e. The summed E-state index contributed by atoms with van der Waals surface area (Å²) in [4.78, 5) is 5.41. The SMILES string of the molecule is Cn1c(Cl)cnc1CSc1ccc(N)cc1. The van der Waals surface area contributed by atoms with Crippen molar-refractivity contribution in [2.75, 3.05) is 5.73 Å². The van der Waals surface area contributed by atoms with Crippen LogP contribution in [-0.4, -0.2) is 9.55 Å². The molecule has 0 spiro atoms. The summed E-state index contributed by atoms with van der Waals surface area (Å²) >= 11 is 7.62. The van der Waals surface area contributed by atoms with Crippen molar-refractivity contribution in [3.05, 3.63) is 41.4 Å². The van der Waals surface area contributed by atoms with Crippen molar-refractivity contribution in [3.63, 3.8) is 0 Å². The van der Waals surface area contributed by atoms with Gasteiger partial charge in [0, 0.05) is 17.6 Å². The number of nitrogens with two attached hydrogens (primary N) is 1. The standard InChI is InChI=1S/C11H12ClN3S/c1-15-10(12)6-14-11(15)7-16-9-4-2-8(13)3-5-9/h2-6H,7,13H2,1H3. The first-order valence-corrected chi connectivity index (χ1v) is 6.17. The van der Waals surface area contributed by atoms with E-state index in [0.29, 0.717) is 5.15 Å². The van der Waals surface area contributed by atoms with Gasteiger partial charge in [-0.25, -0.2) is 4.98 Å².